The maximum atomic E-state index is 12.7. The van der Waals surface area contributed by atoms with Crippen molar-refractivity contribution in [2.75, 3.05) is 13.2 Å². The lowest BCUT2D eigenvalue weighted by Crippen LogP contribution is -2.49. The van der Waals surface area contributed by atoms with Crippen molar-refractivity contribution in [1.82, 2.24) is 4.90 Å². The fourth-order valence-corrected chi connectivity index (χ4v) is 3.45. The Morgan fingerprint density at radius 1 is 1.07 bits per heavy atom. The number of carbonyl (C=O) groups excluding carboxylic acids is 1. The largest absolute Gasteiger partial charge is 0.444 e. The van der Waals surface area contributed by atoms with Crippen molar-refractivity contribution in [2.24, 2.45) is 0 Å². The van der Waals surface area contributed by atoms with Gasteiger partial charge in [0.15, 0.2) is 0 Å². The van der Waals surface area contributed by atoms with Gasteiger partial charge in [-0.3, -0.25) is 4.90 Å². The molecule has 0 N–H and O–H groups in total. The minimum Gasteiger partial charge on any atom is -0.444 e. The molecule has 1 atom stereocenters. The van der Waals surface area contributed by atoms with Gasteiger partial charge in [-0.25, -0.2) is 4.79 Å². The molecule has 0 radical (unpaired) electrons. The summed E-state index contributed by atoms with van der Waals surface area (Å²) >= 11 is 0. The van der Waals surface area contributed by atoms with E-state index in [4.69, 9.17) is 9.47 Å². The predicted molar refractivity (Wildman–Crippen MR) is 107 cm³/mol. The van der Waals surface area contributed by atoms with Gasteiger partial charge in [0.1, 0.15) is 11.8 Å². The molecular formula is C23H29NO3. The van der Waals surface area contributed by atoms with Gasteiger partial charge < -0.3 is 9.47 Å². The molecule has 1 amide bonds. The molecule has 1 saturated heterocycles. The van der Waals surface area contributed by atoms with E-state index in [0.717, 1.165) is 6.42 Å². The Bertz CT molecular complexity index is 685. The highest BCUT2D eigenvalue weighted by molar-refractivity contribution is 5.68. The number of nitrogens with zero attached hydrogens (tertiary/aromatic N) is 1. The standard InChI is InChI=1S/C23H29NO3/c1-23(2,3)27-22(25)24-15-10-16-26-21(24)17-20(18-11-6-4-7-12-18)19-13-8-5-9-14-19/h4-9,11-14,20-21H,10,15-17H2,1-3H3. The smallest absolute Gasteiger partial charge is 0.412 e. The topological polar surface area (TPSA) is 38.8 Å². The van der Waals surface area contributed by atoms with Gasteiger partial charge in [-0.1, -0.05) is 60.7 Å². The normalized spacial score (nSPS) is 17.8. The van der Waals surface area contributed by atoms with Gasteiger partial charge in [-0.15, -0.1) is 0 Å². The van der Waals surface area contributed by atoms with Crippen LogP contribution >= 0.6 is 0 Å². The zero-order chi connectivity index (χ0) is 19.3. The van der Waals surface area contributed by atoms with Gasteiger partial charge in [0.25, 0.3) is 0 Å². The average molecular weight is 367 g/mol. The maximum absolute atomic E-state index is 12.7. The van der Waals surface area contributed by atoms with E-state index in [1.165, 1.54) is 11.1 Å². The highest BCUT2D eigenvalue weighted by Gasteiger charge is 2.33. The maximum Gasteiger partial charge on any atom is 0.412 e. The Morgan fingerprint density at radius 3 is 2.15 bits per heavy atom. The van der Waals surface area contributed by atoms with Crippen LogP contribution in [-0.2, 0) is 9.47 Å². The van der Waals surface area contributed by atoms with Gasteiger partial charge in [0.05, 0.1) is 6.61 Å². The summed E-state index contributed by atoms with van der Waals surface area (Å²) in [6.45, 7) is 7.00. The van der Waals surface area contributed by atoms with Crippen LogP contribution in [-0.4, -0.2) is 36.0 Å². The number of hydrogen-bond donors (Lipinski definition) is 0. The van der Waals surface area contributed by atoms with Crippen LogP contribution in [0.2, 0.25) is 0 Å². The number of amides is 1. The van der Waals surface area contributed by atoms with Crippen molar-refractivity contribution in [2.45, 2.75) is 51.4 Å². The summed E-state index contributed by atoms with van der Waals surface area (Å²) in [5.74, 6) is 0.153. The Hall–Kier alpha value is -2.33. The van der Waals surface area contributed by atoms with Crippen molar-refractivity contribution in [3.8, 4) is 0 Å². The molecule has 0 spiro atoms. The lowest BCUT2D eigenvalue weighted by atomic mass is 9.87. The second-order valence-electron chi connectivity index (χ2n) is 7.96. The molecule has 0 aliphatic carbocycles. The van der Waals surface area contributed by atoms with Crippen LogP contribution in [0, 0.1) is 0 Å². The molecule has 144 valence electrons. The van der Waals surface area contributed by atoms with E-state index in [9.17, 15) is 4.79 Å². The lowest BCUT2D eigenvalue weighted by molar-refractivity contribution is -0.0998. The van der Waals surface area contributed by atoms with Gasteiger partial charge in [-0.2, -0.15) is 0 Å². The first-order chi connectivity index (χ1) is 12.9. The van der Waals surface area contributed by atoms with Gasteiger partial charge in [0, 0.05) is 18.9 Å². The lowest BCUT2D eigenvalue weighted by Gasteiger charge is -2.38. The first-order valence-corrected chi connectivity index (χ1v) is 9.65. The number of benzene rings is 2. The van der Waals surface area contributed by atoms with Crippen molar-refractivity contribution in [3.05, 3.63) is 71.8 Å². The second kappa shape index (κ2) is 8.57. The Kier molecular flexibility index (Phi) is 6.17. The molecule has 2 aromatic carbocycles. The second-order valence-corrected chi connectivity index (χ2v) is 7.96. The monoisotopic (exact) mass is 367 g/mol. The van der Waals surface area contributed by atoms with Crippen LogP contribution in [0.5, 0.6) is 0 Å². The molecule has 1 aliphatic rings. The molecule has 1 heterocycles. The first kappa shape index (κ1) is 19.4. The van der Waals surface area contributed by atoms with Gasteiger partial charge >= 0.3 is 6.09 Å². The van der Waals surface area contributed by atoms with Crippen molar-refractivity contribution in [3.63, 3.8) is 0 Å². The quantitative estimate of drug-likeness (QED) is 0.746. The third kappa shape index (κ3) is 5.33. The molecule has 0 aromatic heterocycles. The van der Waals surface area contributed by atoms with Crippen molar-refractivity contribution in [1.29, 1.82) is 0 Å². The molecule has 3 rings (SSSR count). The highest BCUT2D eigenvalue weighted by Crippen LogP contribution is 2.32. The van der Waals surface area contributed by atoms with Gasteiger partial charge in [0.2, 0.25) is 0 Å². The van der Waals surface area contributed by atoms with Crippen molar-refractivity contribution >= 4 is 6.09 Å². The molecule has 1 aliphatic heterocycles. The van der Waals surface area contributed by atoms with E-state index in [-0.39, 0.29) is 18.2 Å². The predicted octanol–water partition coefficient (Wildman–Crippen LogP) is 5.19. The third-order valence-corrected chi connectivity index (χ3v) is 4.67. The average Bonchev–Trinajstić information content (AvgIpc) is 2.66. The summed E-state index contributed by atoms with van der Waals surface area (Å²) in [6.07, 6.45) is 0.941. The summed E-state index contributed by atoms with van der Waals surface area (Å²) in [7, 11) is 0. The zero-order valence-corrected chi connectivity index (χ0v) is 16.4. The van der Waals surface area contributed by atoms with E-state index >= 15 is 0 Å². The minimum atomic E-state index is -0.517. The van der Waals surface area contributed by atoms with Crippen LogP contribution in [0.25, 0.3) is 0 Å². The SMILES string of the molecule is CC(C)(C)OC(=O)N1CCCOC1CC(c1ccccc1)c1ccccc1. The number of ether oxygens (including phenoxy) is 2. The van der Waals surface area contributed by atoms with Crippen LogP contribution in [0.3, 0.4) is 0 Å². The molecule has 4 nitrogen and oxygen atoms in total. The molecule has 27 heavy (non-hydrogen) atoms. The Labute approximate surface area is 162 Å². The van der Waals surface area contributed by atoms with Crippen LogP contribution < -0.4 is 0 Å². The molecule has 0 bridgehead atoms. The summed E-state index contributed by atoms with van der Waals surface area (Å²) in [5, 5.41) is 0. The zero-order valence-electron chi connectivity index (χ0n) is 16.4. The van der Waals surface area contributed by atoms with E-state index in [1.807, 2.05) is 32.9 Å². The molecular weight excluding hydrogens is 338 g/mol. The number of hydrogen-bond acceptors (Lipinski definition) is 3. The fourth-order valence-electron chi connectivity index (χ4n) is 3.45. The number of rotatable bonds is 4. The van der Waals surface area contributed by atoms with Crippen LogP contribution in [0.1, 0.15) is 50.7 Å². The van der Waals surface area contributed by atoms with Crippen LogP contribution in [0.4, 0.5) is 4.79 Å². The Morgan fingerprint density at radius 2 is 1.63 bits per heavy atom. The van der Waals surface area contributed by atoms with Crippen molar-refractivity contribution < 1.29 is 14.3 Å². The molecule has 1 fully saturated rings. The molecule has 2 aromatic rings. The van der Waals surface area contributed by atoms with E-state index in [0.29, 0.717) is 19.6 Å². The molecule has 4 heteroatoms. The molecule has 0 saturated carbocycles. The highest BCUT2D eigenvalue weighted by atomic mass is 16.6. The van der Waals surface area contributed by atoms with E-state index in [1.54, 1.807) is 4.90 Å². The minimum absolute atomic E-state index is 0.153. The van der Waals surface area contributed by atoms with Crippen LogP contribution in [0.15, 0.2) is 60.7 Å². The fraction of sp³-hybridized carbons (Fsp3) is 0.435. The summed E-state index contributed by atoms with van der Waals surface area (Å²) in [6, 6.07) is 20.8. The molecule has 1 unspecified atom stereocenters. The first-order valence-electron chi connectivity index (χ1n) is 9.65. The summed E-state index contributed by atoms with van der Waals surface area (Å²) in [5.41, 5.74) is 1.93. The third-order valence-electron chi connectivity index (χ3n) is 4.67. The van der Waals surface area contributed by atoms with E-state index < -0.39 is 5.60 Å². The summed E-state index contributed by atoms with van der Waals surface area (Å²) < 4.78 is 11.6. The van der Waals surface area contributed by atoms with Gasteiger partial charge in [-0.05, 0) is 38.3 Å². The van der Waals surface area contributed by atoms with E-state index in [2.05, 4.69) is 48.5 Å². The Balaban J connectivity index is 1.84. The number of carbonyl (C=O) groups is 1. The summed E-state index contributed by atoms with van der Waals surface area (Å²) in [4.78, 5) is 14.4.